The Balaban J connectivity index is 2.99. The van der Waals surface area contributed by atoms with E-state index >= 15 is 0 Å². The molecule has 0 aliphatic heterocycles. The van der Waals surface area contributed by atoms with Crippen LogP contribution in [-0.2, 0) is 10.0 Å². The molecule has 6 nitrogen and oxygen atoms in total. The Morgan fingerprint density at radius 2 is 2.00 bits per heavy atom. The molecule has 0 saturated heterocycles. The molecule has 0 heterocycles. The molecule has 0 spiro atoms. The number of hydrogen-bond acceptors (Lipinski definition) is 4. The van der Waals surface area contributed by atoms with Gasteiger partial charge in [-0.15, -0.1) is 0 Å². The highest BCUT2D eigenvalue weighted by Gasteiger charge is 2.24. The van der Waals surface area contributed by atoms with Gasteiger partial charge in [-0.1, -0.05) is 19.4 Å². The van der Waals surface area contributed by atoms with Crippen LogP contribution >= 0.6 is 0 Å². The lowest BCUT2D eigenvalue weighted by molar-refractivity contribution is 0.0554. The lowest BCUT2D eigenvalue weighted by Crippen LogP contribution is -2.40. The zero-order chi connectivity index (χ0) is 16.3. The molecule has 0 aliphatic carbocycles. The molecule has 1 rings (SSSR count). The normalized spacial score (nSPS) is 14.7. The summed E-state index contributed by atoms with van der Waals surface area (Å²) >= 11 is 0. The summed E-state index contributed by atoms with van der Waals surface area (Å²) in [6.07, 6.45) is 1.19. The van der Waals surface area contributed by atoms with Crippen molar-refractivity contribution in [3.05, 3.63) is 29.3 Å². The summed E-state index contributed by atoms with van der Waals surface area (Å²) in [5.74, 6) is -1.18. The van der Waals surface area contributed by atoms with Crippen LogP contribution in [0.4, 0.5) is 0 Å². The van der Waals surface area contributed by atoms with Crippen molar-refractivity contribution in [1.29, 1.82) is 0 Å². The maximum absolute atomic E-state index is 12.2. The van der Waals surface area contributed by atoms with Crippen molar-refractivity contribution in [2.75, 3.05) is 6.54 Å². The van der Waals surface area contributed by atoms with Crippen molar-refractivity contribution in [2.45, 2.75) is 44.1 Å². The van der Waals surface area contributed by atoms with Crippen LogP contribution in [0.5, 0.6) is 0 Å². The first-order valence-corrected chi connectivity index (χ1v) is 8.13. The predicted molar refractivity (Wildman–Crippen MR) is 78.9 cm³/mol. The van der Waals surface area contributed by atoms with E-state index in [1.54, 1.807) is 13.8 Å². The number of carboxylic acids is 1. The Morgan fingerprint density at radius 3 is 2.52 bits per heavy atom. The van der Waals surface area contributed by atoms with Crippen molar-refractivity contribution in [2.24, 2.45) is 0 Å². The van der Waals surface area contributed by atoms with E-state index in [-0.39, 0.29) is 17.0 Å². The van der Waals surface area contributed by atoms with Gasteiger partial charge in [0.2, 0.25) is 10.0 Å². The number of sulfonamides is 1. The minimum Gasteiger partial charge on any atom is -0.478 e. The third kappa shape index (κ3) is 4.80. The Labute approximate surface area is 124 Å². The maximum atomic E-state index is 12.2. The minimum absolute atomic E-state index is 0.0572. The highest BCUT2D eigenvalue weighted by molar-refractivity contribution is 7.89. The number of hydrogen-bond donors (Lipinski definition) is 3. The van der Waals surface area contributed by atoms with Crippen LogP contribution in [0.15, 0.2) is 23.1 Å². The zero-order valence-electron chi connectivity index (χ0n) is 12.4. The molecule has 0 fully saturated rings. The fraction of sp³-hybridized carbons (Fsp3) is 0.500. The molecule has 118 valence electrons. The molecule has 0 bridgehead atoms. The number of carbonyl (C=O) groups is 1. The van der Waals surface area contributed by atoms with Gasteiger partial charge in [-0.3, -0.25) is 0 Å². The quantitative estimate of drug-likeness (QED) is 0.708. The monoisotopic (exact) mass is 315 g/mol. The number of nitrogens with one attached hydrogen (secondary N) is 1. The van der Waals surface area contributed by atoms with Crippen LogP contribution in [0.25, 0.3) is 0 Å². The summed E-state index contributed by atoms with van der Waals surface area (Å²) < 4.78 is 26.6. The molecule has 3 N–H and O–H groups in total. The molecule has 1 aromatic carbocycles. The van der Waals surface area contributed by atoms with Gasteiger partial charge in [0.25, 0.3) is 0 Å². The largest absolute Gasteiger partial charge is 0.478 e. The van der Waals surface area contributed by atoms with Gasteiger partial charge >= 0.3 is 5.97 Å². The lowest BCUT2D eigenvalue weighted by Gasteiger charge is -2.23. The van der Waals surface area contributed by atoms with Crippen molar-refractivity contribution in [3.63, 3.8) is 0 Å². The van der Waals surface area contributed by atoms with Gasteiger partial charge in [0.05, 0.1) is 16.1 Å². The van der Waals surface area contributed by atoms with Crippen LogP contribution in [0.3, 0.4) is 0 Å². The van der Waals surface area contributed by atoms with E-state index in [0.717, 1.165) is 12.5 Å². The van der Waals surface area contributed by atoms with E-state index in [1.807, 2.05) is 6.92 Å². The van der Waals surface area contributed by atoms with Gasteiger partial charge in [-0.05, 0) is 38.0 Å². The van der Waals surface area contributed by atoms with Crippen LogP contribution in [0.2, 0.25) is 0 Å². The van der Waals surface area contributed by atoms with Crippen LogP contribution in [-0.4, -0.2) is 36.7 Å². The Bertz CT molecular complexity index is 622. The van der Waals surface area contributed by atoms with E-state index in [4.69, 9.17) is 5.11 Å². The van der Waals surface area contributed by atoms with Crippen molar-refractivity contribution < 1.29 is 23.4 Å². The van der Waals surface area contributed by atoms with Gasteiger partial charge in [-0.2, -0.15) is 0 Å². The average molecular weight is 315 g/mol. The molecule has 0 aliphatic rings. The first kappa shape index (κ1) is 17.6. The van der Waals surface area contributed by atoms with Gasteiger partial charge in [0.1, 0.15) is 0 Å². The Morgan fingerprint density at radius 1 is 1.38 bits per heavy atom. The number of aryl methyl sites for hydroxylation is 1. The first-order valence-electron chi connectivity index (χ1n) is 6.65. The van der Waals surface area contributed by atoms with E-state index in [0.29, 0.717) is 12.0 Å². The van der Waals surface area contributed by atoms with Gasteiger partial charge in [0.15, 0.2) is 0 Å². The maximum Gasteiger partial charge on any atom is 0.335 e. The molecule has 0 aromatic heterocycles. The van der Waals surface area contributed by atoms with E-state index in [9.17, 15) is 18.3 Å². The van der Waals surface area contributed by atoms with E-state index < -0.39 is 21.6 Å². The summed E-state index contributed by atoms with van der Waals surface area (Å²) in [7, 11) is -3.86. The topological polar surface area (TPSA) is 104 Å². The number of rotatable bonds is 7. The van der Waals surface area contributed by atoms with Crippen molar-refractivity contribution in [1.82, 2.24) is 4.72 Å². The molecular weight excluding hydrogens is 294 g/mol. The predicted octanol–water partition coefficient (Wildman–Crippen LogP) is 1.52. The molecule has 1 aromatic rings. The molecule has 1 unspecified atom stereocenters. The zero-order valence-corrected chi connectivity index (χ0v) is 13.2. The van der Waals surface area contributed by atoms with E-state index in [1.165, 1.54) is 12.1 Å². The van der Waals surface area contributed by atoms with Crippen molar-refractivity contribution in [3.8, 4) is 0 Å². The summed E-state index contributed by atoms with van der Waals surface area (Å²) in [5, 5.41) is 19.0. The average Bonchev–Trinajstić information content (AvgIpc) is 2.36. The minimum atomic E-state index is -3.86. The fourth-order valence-corrected chi connectivity index (χ4v) is 3.15. The van der Waals surface area contributed by atoms with Crippen LogP contribution in [0, 0.1) is 6.92 Å². The second-order valence-corrected chi connectivity index (χ2v) is 7.12. The third-order valence-corrected chi connectivity index (χ3v) is 4.58. The summed E-state index contributed by atoms with van der Waals surface area (Å²) in [5.41, 5.74) is -0.708. The van der Waals surface area contributed by atoms with Crippen molar-refractivity contribution >= 4 is 16.0 Å². The molecule has 0 radical (unpaired) electrons. The number of aliphatic hydroxyl groups is 1. The highest BCUT2D eigenvalue weighted by atomic mass is 32.2. The summed E-state index contributed by atoms with van der Waals surface area (Å²) in [6, 6.07) is 3.91. The van der Waals surface area contributed by atoms with Crippen LogP contribution < -0.4 is 4.72 Å². The van der Waals surface area contributed by atoms with Crippen LogP contribution in [0.1, 0.15) is 42.6 Å². The number of benzene rings is 1. The third-order valence-electron chi connectivity index (χ3n) is 3.18. The molecular formula is C14H21NO5S. The Hall–Kier alpha value is -1.44. The SMILES string of the molecule is CCCC(C)(O)CNS(=O)(=O)c1ccc(C)c(C(=O)O)c1. The smallest absolute Gasteiger partial charge is 0.335 e. The molecule has 0 amide bonds. The molecule has 7 heteroatoms. The Kier molecular flexibility index (Phi) is 5.49. The summed E-state index contributed by atoms with van der Waals surface area (Å²) in [4.78, 5) is 10.9. The lowest BCUT2D eigenvalue weighted by atomic mass is 10.0. The first-order chi connectivity index (χ1) is 9.59. The van der Waals surface area contributed by atoms with Gasteiger partial charge in [-0.25, -0.2) is 17.9 Å². The molecule has 0 saturated carbocycles. The highest BCUT2D eigenvalue weighted by Crippen LogP contribution is 2.17. The fourth-order valence-electron chi connectivity index (χ4n) is 1.96. The second-order valence-electron chi connectivity index (χ2n) is 5.35. The summed E-state index contributed by atoms with van der Waals surface area (Å²) in [6.45, 7) is 4.91. The number of carboxylic acid groups (broad SMARTS) is 1. The standard InChI is InChI=1S/C14H21NO5S/c1-4-7-14(3,18)9-15-21(19,20)11-6-5-10(2)12(8-11)13(16)17/h5-6,8,15,18H,4,7,9H2,1-3H3,(H,16,17). The molecule has 1 atom stereocenters. The number of aromatic carboxylic acids is 1. The molecule has 21 heavy (non-hydrogen) atoms. The van der Waals surface area contributed by atoms with Gasteiger partial charge in [0, 0.05) is 6.54 Å². The van der Waals surface area contributed by atoms with Gasteiger partial charge < -0.3 is 10.2 Å². The van der Waals surface area contributed by atoms with E-state index in [2.05, 4.69) is 4.72 Å². The second kappa shape index (κ2) is 6.55.